The number of nitrogens with zero attached hydrogens (tertiary/aromatic N) is 5. The second-order valence-corrected chi connectivity index (χ2v) is 6.48. The van der Waals surface area contributed by atoms with Crippen LogP contribution in [0.25, 0.3) is 0 Å². The van der Waals surface area contributed by atoms with Gasteiger partial charge in [-0.3, -0.25) is 14.9 Å². The van der Waals surface area contributed by atoms with Gasteiger partial charge in [-0.15, -0.1) is 0 Å². The molecule has 0 N–H and O–H groups in total. The molecule has 0 aliphatic carbocycles. The third-order valence-corrected chi connectivity index (χ3v) is 5.00. The van der Waals surface area contributed by atoms with Crippen LogP contribution in [0.15, 0.2) is 37.1 Å². The van der Waals surface area contributed by atoms with E-state index >= 15 is 0 Å². The van der Waals surface area contributed by atoms with Gasteiger partial charge in [0, 0.05) is 56.9 Å². The van der Waals surface area contributed by atoms with Gasteiger partial charge in [0.15, 0.2) is 0 Å². The molecule has 2 aliphatic rings. The number of hydrogen-bond acceptors (Lipinski definition) is 5. The van der Waals surface area contributed by atoms with Gasteiger partial charge in [-0.25, -0.2) is 9.37 Å². The highest BCUT2D eigenvalue weighted by molar-refractivity contribution is 5.36. The van der Waals surface area contributed by atoms with Crippen LogP contribution >= 0.6 is 0 Å². The lowest BCUT2D eigenvalue weighted by Crippen LogP contribution is -2.40. The van der Waals surface area contributed by atoms with Gasteiger partial charge in [0.2, 0.25) is 0 Å². The van der Waals surface area contributed by atoms with Gasteiger partial charge in [0.1, 0.15) is 11.6 Å². The standard InChI is InChI=1S/C17H20FN5/c18-16-7-19-3-1-14(16)10-22-9-13-2-6-23(12-15(13)11-22)17-8-20-4-5-21-17/h1,3-5,7-8,13,15H,2,6,9-12H2/t13-,15-/m0/s1. The highest BCUT2D eigenvalue weighted by Crippen LogP contribution is 2.33. The van der Waals surface area contributed by atoms with Crippen molar-refractivity contribution in [1.29, 1.82) is 0 Å². The minimum Gasteiger partial charge on any atom is -0.355 e. The van der Waals surface area contributed by atoms with E-state index in [1.807, 2.05) is 6.20 Å². The van der Waals surface area contributed by atoms with E-state index in [1.54, 1.807) is 24.7 Å². The van der Waals surface area contributed by atoms with Crippen molar-refractivity contribution in [3.63, 3.8) is 0 Å². The van der Waals surface area contributed by atoms with Crippen molar-refractivity contribution in [2.24, 2.45) is 11.8 Å². The molecule has 0 amide bonds. The number of piperidine rings is 1. The molecule has 0 saturated carbocycles. The first-order valence-electron chi connectivity index (χ1n) is 8.11. The molecular formula is C17H20FN5. The molecule has 2 aromatic rings. The van der Waals surface area contributed by atoms with Gasteiger partial charge in [-0.05, 0) is 24.3 Å². The minimum absolute atomic E-state index is 0.205. The number of pyridine rings is 1. The van der Waals surface area contributed by atoms with E-state index in [0.717, 1.165) is 44.0 Å². The normalized spacial score (nSPS) is 24.7. The van der Waals surface area contributed by atoms with Crippen LogP contribution in [0.4, 0.5) is 10.2 Å². The molecule has 4 rings (SSSR count). The lowest BCUT2D eigenvalue weighted by molar-refractivity contribution is 0.308. The Morgan fingerprint density at radius 2 is 1.91 bits per heavy atom. The average molecular weight is 313 g/mol. The summed E-state index contributed by atoms with van der Waals surface area (Å²) >= 11 is 0. The second-order valence-electron chi connectivity index (χ2n) is 6.48. The smallest absolute Gasteiger partial charge is 0.147 e. The van der Waals surface area contributed by atoms with Crippen LogP contribution in [0, 0.1) is 17.7 Å². The molecule has 2 aliphatic heterocycles. The highest BCUT2D eigenvalue weighted by atomic mass is 19.1. The Morgan fingerprint density at radius 3 is 2.74 bits per heavy atom. The second kappa shape index (κ2) is 6.20. The molecule has 0 unspecified atom stereocenters. The zero-order chi connectivity index (χ0) is 15.6. The van der Waals surface area contributed by atoms with Crippen LogP contribution in [0.2, 0.25) is 0 Å². The Kier molecular flexibility index (Phi) is 3.91. The van der Waals surface area contributed by atoms with Crippen LogP contribution in [0.5, 0.6) is 0 Å². The molecule has 4 heterocycles. The Hall–Kier alpha value is -2.08. The Balaban J connectivity index is 1.41. The minimum atomic E-state index is -0.205. The van der Waals surface area contributed by atoms with Crippen LogP contribution < -0.4 is 4.90 Å². The summed E-state index contributed by atoms with van der Waals surface area (Å²) in [6, 6.07) is 1.78. The topological polar surface area (TPSA) is 45.2 Å². The molecule has 2 atom stereocenters. The first-order valence-corrected chi connectivity index (χ1v) is 8.11. The van der Waals surface area contributed by atoms with E-state index in [9.17, 15) is 4.39 Å². The molecule has 120 valence electrons. The number of aromatic nitrogens is 3. The Bertz CT molecular complexity index is 665. The molecule has 23 heavy (non-hydrogen) atoms. The number of anilines is 1. The first kappa shape index (κ1) is 14.5. The maximum atomic E-state index is 13.8. The Labute approximate surface area is 135 Å². The highest BCUT2D eigenvalue weighted by Gasteiger charge is 2.37. The van der Waals surface area contributed by atoms with Crippen LogP contribution in [0.3, 0.4) is 0 Å². The largest absolute Gasteiger partial charge is 0.355 e. The maximum absolute atomic E-state index is 13.8. The van der Waals surface area contributed by atoms with Gasteiger partial charge in [0.05, 0.1) is 12.4 Å². The SMILES string of the molecule is Fc1cnccc1CN1C[C@@H]2CCN(c3cnccn3)C[C@@H]2C1. The molecule has 2 fully saturated rings. The van der Waals surface area contributed by atoms with Crippen LogP contribution in [-0.2, 0) is 6.54 Å². The summed E-state index contributed by atoms with van der Waals surface area (Å²) in [7, 11) is 0. The van der Waals surface area contributed by atoms with E-state index < -0.39 is 0 Å². The summed E-state index contributed by atoms with van der Waals surface area (Å²) in [6.07, 6.45) is 9.41. The monoisotopic (exact) mass is 313 g/mol. The van der Waals surface area contributed by atoms with Crippen molar-refractivity contribution in [1.82, 2.24) is 19.9 Å². The van der Waals surface area contributed by atoms with Crippen molar-refractivity contribution < 1.29 is 4.39 Å². The summed E-state index contributed by atoms with van der Waals surface area (Å²) in [5.74, 6) is 2.08. The first-order chi connectivity index (χ1) is 11.3. The molecule has 0 spiro atoms. The van der Waals surface area contributed by atoms with Crippen molar-refractivity contribution in [3.8, 4) is 0 Å². The molecule has 6 heteroatoms. The number of hydrogen-bond donors (Lipinski definition) is 0. The van der Waals surface area contributed by atoms with Gasteiger partial charge < -0.3 is 4.90 Å². The van der Waals surface area contributed by atoms with E-state index in [1.165, 1.54) is 6.20 Å². The third-order valence-electron chi connectivity index (χ3n) is 5.00. The molecule has 2 saturated heterocycles. The van der Waals surface area contributed by atoms with Crippen LogP contribution in [-0.4, -0.2) is 46.0 Å². The zero-order valence-electron chi connectivity index (χ0n) is 13.0. The third kappa shape index (κ3) is 3.03. The summed E-state index contributed by atoms with van der Waals surface area (Å²) in [5.41, 5.74) is 0.740. The van der Waals surface area contributed by atoms with E-state index in [4.69, 9.17) is 0 Å². The van der Waals surface area contributed by atoms with Gasteiger partial charge in [0.25, 0.3) is 0 Å². The number of fused-ring (bicyclic) bond motifs is 1. The van der Waals surface area contributed by atoms with Crippen molar-refractivity contribution in [3.05, 3.63) is 48.4 Å². The van der Waals surface area contributed by atoms with Crippen molar-refractivity contribution in [2.45, 2.75) is 13.0 Å². The molecule has 2 aromatic heterocycles. The van der Waals surface area contributed by atoms with Crippen LogP contribution in [0.1, 0.15) is 12.0 Å². The molecule has 0 radical (unpaired) electrons. The molecule has 0 bridgehead atoms. The summed E-state index contributed by atoms with van der Waals surface area (Å²) in [6.45, 7) is 4.78. The molecule has 5 nitrogen and oxygen atoms in total. The lowest BCUT2D eigenvalue weighted by atomic mass is 9.89. The van der Waals surface area contributed by atoms with Gasteiger partial charge in [-0.2, -0.15) is 0 Å². The van der Waals surface area contributed by atoms with E-state index in [0.29, 0.717) is 18.4 Å². The lowest BCUT2D eigenvalue weighted by Gasteiger charge is -2.34. The fourth-order valence-electron chi connectivity index (χ4n) is 3.83. The zero-order valence-corrected chi connectivity index (χ0v) is 13.0. The maximum Gasteiger partial charge on any atom is 0.147 e. The quantitative estimate of drug-likeness (QED) is 0.867. The van der Waals surface area contributed by atoms with Crippen molar-refractivity contribution >= 4 is 5.82 Å². The fraction of sp³-hybridized carbons (Fsp3) is 0.471. The van der Waals surface area contributed by atoms with Crippen molar-refractivity contribution in [2.75, 3.05) is 31.1 Å². The predicted molar refractivity (Wildman–Crippen MR) is 85.3 cm³/mol. The fourth-order valence-corrected chi connectivity index (χ4v) is 3.83. The average Bonchev–Trinajstić information content (AvgIpc) is 2.99. The van der Waals surface area contributed by atoms with E-state index in [-0.39, 0.29) is 5.82 Å². The summed E-state index contributed by atoms with van der Waals surface area (Å²) in [4.78, 5) is 17.1. The Morgan fingerprint density at radius 1 is 1.04 bits per heavy atom. The van der Waals surface area contributed by atoms with Gasteiger partial charge >= 0.3 is 0 Å². The number of likely N-dealkylation sites (tertiary alicyclic amines) is 1. The number of rotatable bonds is 3. The predicted octanol–water partition coefficient (Wildman–Crippen LogP) is 1.97. The van der Waals surface area contributed by atoms with E-state index in [2.05, 4.69) is 24.8 Å². The number of halogens is 1. The summed E-state index contributed by atoms with van der Waals surface area (Å²) < 4.78 is 13.8. The summed E-state index contributed by atoms with van der Waals surface area (Å²) in [5, 5.41) is 0. The van der Waals surface area contributed by atoms with Gasteiger partial charge in [-0.1, -0.05) is 0 Å². The molecule has 0 aromatic carbocycles. The molecular weight excluding hydrogens is 293 g/mol.